The van der Waals surface area contributed by atoms with Crippen molar-refractivity contribution < 1.29 is 14.0 Å². The second kappa shape index (κ2) is 7.93. The van der Waals surface area contributed by atoms with E-state index in [0.717, 1.165) is 40.1 Å². The number of aryl methyl sites for hydroxylation is 1. The molecule has 0 aliphatic carbocycles. The van der Waals surface area contributed by atoms with Crippen molar-refractivity contribution in [2.75, 3.05) is 18.5 Å². The van der Waals surface area contributed by atoms with Crippen LogP contribution in [-0.4, -0.2) is 34.4 Å². The van der Waals surface area contributed by atoms with Crippen molar-refractivity contribution >= 4 is 34.0 Å². The van der Waals surface area contributed by atoms with Crippen molar-refractivity contribution in [3.05, 3.63) is 59.6 Å². The first-order chi connectivity index (χ1) is 14.7. The summed E-state index contributed by atoms with van der Waals surface area (Å²) in [5.41, 5.74) is 3.09. The van der Waals surface area contributed by atoms with Gasteiger partial charge in [-0.3, -0.25) is 0 Å². The maximum atomic E-state index is 6.51. The molecule has 5 rings (SSSR count). The molecular weight excluding hydrogens is 404 g/mol. The van der Waals surface area contributed by atoms with Crippen LogP contribution in [0.15, 0.2) is 53.3 Å². The maximum Gasteiger partial charge on any atom is 0.145 e. The number of anilines is 2. The van der Waals surface area contributed by atoms with Gasteiger partial charge in [0, 0.05) is 23.7 Å². The van der Waals surface area contributed by atoms with Crippen LogP contribution in [0, 0.1) is 6.92 Å². The highest BCUT2D eigenvalue weighted by molar-refractivity contribution is 6.33. The highest BCUT2D eigenvalue weighted by atomic mass is 35.5. The van der Waals surface area contributed by atoms with Crippen molar-refractivity contribution in [2.24, 2.45) is 0 Å². The zero-order chi connectivity index (χ0) is 20.5. The quantitative estimate of drug-likeness (QED) is 0.475. The summed E-state index contributed by atoms with van der Waals surface area (Å²) in [5.74, 6) is 2.11. The Labute approximate surface area is 178 Å². The Morgan fingerprint density at radius 3 is 2.87 bits per heavy atom. The van der Waals surface area contributed by atoms with Crippen LogP contribution in [0.25, 0.3) is 22.2 Å². The molecule has 152 valence electrons. The van der Waals surface area contributed by atoms with Gasteiger partial charge in [-0.25, -0.2) is 9.97 Å². The number of nitrogens with one attached hydrogen (secondary N) is 1. The first-order valence-electron chi connectivity index (χ1n) is 9.66. The van der Waals surface area contributed by atoms with E-state index in [2.05, 4.69) is 20.4 Å². The summed E-state index contributed by atoms with van der Waals surface area (Å²) in [5, 5.41) is 8.76. The third kappa shape index (κ3) is 3.69. The van der Waals surface area contributed by atoms with Crippen LogP contribution in [0.3, 0.4) is 0 Å². The lowest BCUT2D eigenvalue weighted by atomic mass is 10.1. The van der Waals surface area contributed by atoms with E-state index in [1.807, 2.05) is 49.4 Å². The van der Waals surface area contributed by atoms with E-state index in [4.69, 9.17) is 25.6 Å². The van der Waals surface area contributed by atoms with E-state index in [1.165, 1.54) is 6.33 Å². The molecule has 1 unspecified atom stereocenters. The molecule has 2 aromatic carbocycles. The SMILES string of the molecule is Cc1cc(-c2ccc(Nc3ncnc4cccc(OC5CCOC5)c34)cc2Cl)no1. The fourth-order valence-corrected chi connectivity index (χ4v) is 3.76. The van der Waals surface area contributed by atoms with Crippen LogP contribution in [0.4, 0.5) is 11.5 Å². The zero-order valence-corrected chi connectivity index (χ0v) is 17.0. The molecule has 4 aromatic rings. The summed E-state index contributed by atoms with van der Waals surface area (Å²) in [6.45, 7) is 3.15. The van der Waals surface area contributed by atoms with E-state index in [-0.39, 0.29) is 6.10 Å². The Morgan fingerprint density at radius 1 is 1.17 bits per heavy atom. The van der Waals surface area contributed by atoms with Crippen molar-refractivity contribution in [2.45, 2.75) is 19.4 Å². The number of halogens is 1. The molecule has 8 heteroatoms. The molecular formula is C22H19ClN4O3. The van der Waals surface area contributed by atoms with Gasteiger partial charge in [-0.2, -0.15) is 0 Å². The smallest absolute Gasteiger partial charge is 0.145 e. The summed E-state index contributed by atoms with van der Waals surface area (Å²) in [6.07, 6.45) is 2.43. The fourth-order valence-electron chi connectivity index (χ4n) is 3.49. The van der Waals surface area contributed by atoms with Crippen LogP contribution in [-0.2, 0) is 4.74 Å². The van der Waals surface area contributed by atoms with Gasteiger partial charge in [0.2, 0.25) is 0 Å². The number of nitrogens with zero attached hydrogens (tertiary/aromatic N) is 3. The minimum Gasteiger partial charge on any atom is -0.487 e. The van der Waals surface area contributed by atoms with Gasteiger partial charge < -0.3 is 19.3 Å². The average Bonchev–Trinajstić information content (AvgIpc) is 3.40. The molecule has 1 aliphatic heterocycles. The molecule has 1 aliphatic rings. The Hall–Kier alpha value is -3.16. The van der Waals surface area contributed by atoms with Gasteiger partial charge >= 0.3 is 0 Å². The van der Waals surface area contributed by atoms with E-state index in [0.29, 0.717) is 29.7 Å². The lowest BCUT2D eigenvalue weighted by Gasteiger charge is -2.16. The van der Waals surface area contributed by atoms with Crippen molar-refractivity contribution in [1.82, 2.24) is 15.1 Å². The normalized spacial score (nSPS) is 16.1. The number of hydrogen-bond donors (Lipinski definition) is 1. The van der Waals surface area contributed by atoms with Crippen LogP contribution < -0.4 is 10.1 Å². The number of fused-ring (bicyclic) bond motifs is 1. The molecule has 0 saturated carbocycles. The number of ether oxygens (including phenoxy) is 2. The lowest BCUT2D eigenvalue weighted by molar-refractivity contribution is 0.142. The van der Waals surface area contributed by atoms with E-state index in [1.54, 1.807) is 0 Å². The standard InChI is InChI=1S/C22H19ClN4O3/c1-13-9-19(27-30-13)16-6-5-14(10-17(16)23)26-22-21-18(24-12-25-22)3-2-4-20(21)29-15-7-8-28-11-15/h2-6,9-10,12,15H,7-8,11H2,1H3,(H,24,25,26). The van der Waals surface area contributed by atoms with E-state index in [9.17, 15) is 0 Å². The van der Waals surface area contributed by atoms with Gasteiger partial charge in [0.25, 0.3) is 0 Å². The Kier molecular flexibility index (Phi) is 4.98. The Bertz CT molecular complexity index is 1200. The highest BCUT2D eigenvalue weighted by Gasteiger charge is 2.20. The molecule has 0 amide bonds. The third-order valence-corrected chi connectivity index (χ3v) is 5.25. The van der Waals surface area contributed by atoms with Gasteiger partial charge in [-0.15, -0.1) is 0 Å². The van der Waals surface area contributed by atoms with Crippen molar-refractivity contribution in [1.29, 1.82) is 0 Å². The lowest BCUT2D eigenvalue weighted by Crippen LogP contribution is -2.16. The molecule has 1 saturated heterocycles. The van der Waals surface area contributed by atoms with Gasteiger partial charge in [0.15, 0.2) is 0 Å². The minimum absolute atomic E-state index is 0.0308. The highest BCUT2D eigenvalue weighted by Crippen LogP contribution is 2.35. The van der Waals surface area contributed by atoms with Crippen molar-refractivity contribution in [3.63, 3.8) is 0 Å². The molecule has 30 heavy (non-hydrogen) atoms. The maximum absolute atomic E-state index is 6.51. The van der Waals surface area contributed by atoms with E-state index >= 15 is 0 Å². The number of rotatable bonds is 5. The molecule has 1 atom stereocenters. The Morgan fingerprint density at radius 2 is 2.10 bits per heavy atom. The van der Waals surface area contributed by atoms with Crippen LogP contribution in [0.2, 0.25) is 5.02 Å². The number of hydrogen-bond acceptors (Lipinski definition) is 7. The number of benzene rings is 2. The van der Waals surface area contributed by atoms with Gasteiger partial charge in [0.05, 0.1) is 29.1 Å². The molecule has 3 heterocycles. The molecule has 1 N–H and O–H groups in total. The fraction of sp³-hybridized carbons (Fsp3) is 0.227. The van der Waals surface area contributed by atoms with Gasteiger partial charge in [-0.05, 0) is 37.3 Å². The first kappa shape index (κ1) is 18.8. The predicted octanol–water partition coefficient (Wildman–Crippen LogP) is 5.16. The first-order valence-corrected chi connectivity index (χ1v) is 10.0. The number of aromatic nitrogens is 3. The van der Waals surface area contributed by atoms with Crippen molar-refractivity contribution in [3.8, 4) is 17.0 Å². The summed E-state index contributed by atoms with van der Waals surface area (Å²) in [6, 6.07) is 13.3. The predicted molar refractivity (Wildman–Crippen MR) is 114 cm³/mol. The van der Waals surface area contributed by atoms with E-state index < -0.39 is 0 Å². The molecule has 7 nitrogen and oxygen atoms in total. The summed E-state index contributed by atoms with van der Waals surface area (Å²) >= 11 is 6.51. The largest absolute Gasteiger partial charge is 0.487 e. The summed E-state index contributed by atoms with van der Waals surface area (Å²) in [7, 11) is 0. The average molecular weight is 423 g/mol. The Balaban J connectivity index is 1.48. The van der Waals surface area contributed by atoms with Crippen LogP contribution in [0.5, 0.6) is 5.75 Å². The molecule has 2 aromatic heterocycles. The van der Waals surface area contributed by atoms with Crippen LogP contribution >= 0.6 is 11.6 Å². The molecule has 0 bridgehead atoms. The van der Waals surface area contributed by atoms with Gasteiger partial charge in [-0.1, -0.05) is 22.8 Å². The van der Waals surface area contributed by atoms with Gasteiger partial charge in [0.1, 0.15) is 35.5 Å². The second-order valence-corrected chi connectivity index (χ2v) is 7.53. The minimum atomic E-state index is 0.0308. The third-order valence-electron chi connectivity index (χ3n) is 4.94. The molecule has 0 spiro atoms. The molecule has 0 radical (unpaired) electrons. The molecule has 1 fully saturated rings. The second-order valence-electron chi connectivity index (χ2n) is 7.12. The summed E-state index contributed by atoms with van der Waals surface area (Å²) < 4.78 is 16.8. The van der Waals surface area contributed by atoms with Crippen LogP contribution in [0.1, 0.15) is 12.2 Å². The monoisotopic (exact) mass is 422 g/mol. The zero-order valence-electron chi connectivity index (χ0n) is 16.3. The topological polar surface area (TPSA) is 82.3 Å². The summed E-state index contributed by atoms with van der Waals surface area (Å²) in [4.78, 5) is 8.83.